The van der Waals surface area contributed by atoms with Gasteiger partial charge in [0.1, 0.15) is 5.82 Å². The van der Waals surface area contributed by atoms with Crippen molar-refractivity contribution in [2.75, 3.05) is 31.2 Å². The van der Waals surface area contributed by atoms with Gasteiger partial charge >= 0.3 is 0 Å². The molecule has 5 N–H and O–H groups in total. The second kappa shape index (κ2) is 6.49. The number of hydrogen-bond donors (Lipinski definition) is 3. The average molecular weight is 398 g/mol. The third-order valence-electron chi connectivity index (χ3n) is 5.19. The molecule has 1 saturated heterocycles. The number of halogens is 2. The number of rotatable bonds is 1. The van der Waals surface area contributed by atoms with Crippen LogP contribution in [0.3, 0.4) is 0 Å². The molecule has 0 saturated carbocycles. The SMILES string of the molecule is CN1CC(C)(C#Cc2cc3c(cc2N)C(N)(c2cccc(Cl)c2F)N=CN3)C1. The van der Waals surface area contributed by atoms with E-state index in [0.29, 0.717) is 22.5 Å². The van der Waals surface area contributed by atoms with Crippen LogP contribution in [0.1, 0.15) is 23.6 Å². The molecule has 0 radical (unpaired) electrons. The van der Waals surface area contributed by atoms with Crippen LogP contribution in [0.2, 0.25) is 5.02 Å². The molecule has 2 aromatic rings. The highest BCUT2D eigenvalue weighted by atomic mass is 35.5. The number of nitrogen functional groups attached to an aromatic ring is 1. The van der Waals surface area contributed by atoms with Crippen molar-refractivity contribution in [3.05, 3.63) is 57.9 Å². The zero-order valence-electron chi connectivity index (χ0n) is 15.7. The number of anilines is 2. The molecule has 2 heterocycles. The van der Waals surface area contributed by atoms with Gasteiger partial charge in [-0.05, 0) is 32.2 Å². The van der Waals surface area contributed by atoms with Crippen LogP contribution in [0.25, 0.3) is 0 Å². The molecule has 0 aromatic heterocycles. The summed E-state index contributed by atoms with van der Waals surface area (Å²) in [6.45, 7) is 3.98. The molecule has 1 fully saturated rings. The summed E-state index contributed by atoms with van der Waals surface area (Å²) < 4.78 is 14.7. The van der Waals surface area contributed by atoms with Gasteiger partial charge in [0.2, 0.25) is 0 Å². The summed E-state index contributed by atoms with van der Waals surface area (Å²) in [4.78, 5) is 6.52. The fourth-order valence-corrected chi connectivity index (χ4v) is 4.06. The van der Waals surface area contributed by atoms with Gasteiger partial charge in [-0.2, -0.15) is 0 Å². The van der Waals surface area contributed by atoms with Crippen molar-refractivity contribution in [2.24, 2.45) is 16.1 Å². The second-order valence-electron chi connectivity index (χ2n) is 7.74. The van der Waals surface area contributed by atoms with Gasteiger partial charge in [-0.1, -0.05) is 35.6 Å². The van der Waals surface area contributed by atoms with Crippen molar-refractivity contribution < 1.29 is 4.39 Å². The quantitative estimate of drug-likeness (QED) is 0.510. The van der Waals surface area contributed by atoms with E-state index in [1.54, 1.807) is 18.2 Å². The fourth-order valence-electron chi connectivity index (χ4n) is 3.89. The Bertz CT molecular complexity index is 1050. The van der Waals surface area contributed by atoms with Gasteiger partial charge in [-0.15, -0.1) is 0 Å². The zero-order valence-corrected chi connectivity index (χ0v) is 16.4. The first-order valence-electron chi connectivity index (χ1n) is 8.91. The smallest absolute Gasteiger partial charge is 0.166 e. The molecule has 0 amide bonds. The van der Waals surface area contributed by atoms with E-state index in [4.69, 9.17) is 23.1 Å². The second-order valence-corrected chi connectivity index (χ2v) is 8.15. The molecule has 0 aliphatic carbocycles. The van der Waals surface area contributed by atoms with Crippen LogP contribution in [0.15, 0.2) is 35.3 Å². The zero-order chi connectivity index (χ0) is 20.1. The van der Waals surface area contributed by atoms with Crippen molar-refractivity contribution in [1.29, 1.82) is 0 Å². The minimum Gasteiger partial charge on any atom is -0.398 e. The molecule has 2 aliphatic rings. The van der Waals surface area contributed by atoms with Gasteiger partial charge in [0, 0.05) is 41.2 Å². The molecule has 4 rings (SSSR count). The number of fused-ring (bicyclic) bond motifs is 1. The monoisotopic (exact) mass is 397 g/mol. The summed E-state index contributed by atoms with van der Waals surface area (Å²) in [6, 6.07) is 8.23. The molecule has 7 heteroatoms. The molecular formula is C21H21ClFN5. The van der Waals surface area contributed by atoms with Crippen LogP contribution >= 0.6 is 11.6 Å². The van der Waals surface area contributed by atoms with Crippen LogP contribution in [0.5, 0.6) is 0 Å². The highest BCUT2D eigenvalue weighted by Crippen LogP contribution is 2.40. The first-order valence-corrected chi connectivity index (χ1v) is 9.29. The van der Waals surface area contributed by atoms with Crippen molar-refractivity contribution in [1.82, 2.24) is 4.90 Å². The lowest BCUT2D eigenvalue weighted by Gasteiger charge is -2.42. The molecule has 1 unspecified atom stereocenters. The summed E-state index contributed by atoms with van der Waals surface area (Å²) in [6.07, 6.45) is 1.46. The number of nitrogens with two attached hydrogens (primary N) is 2. The van der Waals surface area contributed by atoms with Gasteiger partial charge in [0.05, 0.1) is 16.8 Å². The molecule has 1 atom stereocenters. The van der Waals surface area contributed by atoms with Crippen molar-refractivity contribution in [3.63, 3.8) is 0 Å². The lowest BCUT2D eigenvalue weighted by molar-refractivity contribution is 0.0916. The van der Waals surface area contributed by atoms with E-state index >= 15 is 0 Å². The number of likely N-dealkylation sites (tertiary alicyclic amines) is 1. The maximum atomic E-state index is 14.7. The van der Waals surface area contributed by atoms with E-state index in [1.807, 2.05) is 6.07 Å². The lowest BCUT2D eigenvalue weighted by atomic mass is 9.83. The van der Waals surface area contributed by atoms with Gasteiger partial charge in [0.15, 0.2) is 5.66 Å². The van der Waals surface area contributed by atoms with E-state index in [2.05, 4.69) is 41.0 Å². The Morgan fingerprint density at radius 1 is 1.29 bits per heavy atom. The highest BCUT2D eigenvalue weighted by Gasteiger charge is 2.37. The normalized spacial score (nSPS) is 22.5. The first kappa shape index (κ1) is 18.8. The Labute approximate surface area is 168 Å². The van der Waals surface area contributed by atoms with E-state index < -0.39 is 11.5 Å². The molecule has 0 bridgehead atoms. The van der Waals surface area contributed by atoms with Crippen LogP contribution in [-0.4, -0.2) is 31.4 Å². The topological polar surface area (TPSA) is 79.7 Å². The number of benzene rings is 2. The summed E-state index contributed by atoms with van der Waals surface area (Å²) in [7, 11) is 2.07. The summed E-state index contributed by atoms with van der Waals surface area (Å²) >= 11 is 5.95. The number of nitrogens with zero attached hydrogens (tertiary/aromatic N) is 2. The van der Waals surface area contributed by atoms with Crippen LogP contribution in [0.4, 0.5) is 15.8 Å². The third kappa shape index (κ3) is 3.02. The largest absolute Gasteiger partial charge is 0.398 e. The average Bonchev–Trinajstić information content (AvgIpc) is 2.62. The van der Waals surface area contributed by atoms with E-state index in [9.17, 15) is 4.39 Å². The minimum atomic E-state index is -1.43. The predicted octanol–water partition coefficient (Wildman–Crippen LogP) is 2.98. The highest BCUT2D eigenvalue weighted by molar-refractivity contribution is 6.30. The summed E-state index contributed by atoms with van der Waals surface area (Å²) in [5.74, 6) is 5.91. The van der Waals surface area contributed by atoms with Crippen LogP contribution in [0, 0.1) is 23.1 Å². The van der Waals surface area contributed by atoms with E-state index in [-0.39, 0.29) is 16.0 Å². The van der Waals surface area contributed by atoms with E-state index in [0.717, 1.165) is 13.1 Å². The number of nitrogens with one attached hydrogen (secondary N) is 1. The van der Waals surface area contributed by atoms with Crippen LogP contribution < -0.4 is 16.8 Å². The summed E-state index contributed by atoms with van der Waals surface area (Å²) in [5.41, 5.74) is 13.9. The van der Waals surface area contributed by atoms with Crippen molar-refractivity contribution >= 4 is 29.3 Å². The molecule has 2 aromatic carbocycles. The Kier molecular flexibility index (Phi) is 4.35. The molecule has 144 valence electrons. The minimum absolute atomic E-state index is 0.00761. The molecule has 28 heavy (non-hydrogen) atoms. The summed E-state index contributed by atoms with van der Waals surface area (Å²) in [5, 5.41) is 3.06. The number of aliphatic imine (C=N–C) groups is 1. The maximum absolute atomic E-state index is 14.7. The van der Waals surface area contributed by atoms with E-state index in [1.165, 1.54) is 12.4 Å². The predicted molar refractivity (Wildman–Crippen MR) is 112 cm³/mol. The first-order chi connectivity index (χ1) is 13.2. The van der Waals surface area contributed by atoms with Gasteiger partial charge in [-0.3, -0.25) is 5.73 Å². The van der Waals surface area contributed by atoms with Crippen LogP contribution in [-0.2, 0) is 5.66 Å². The Morgan fingerprint density at radius 3 is 2.75 bits per heavy atom. The molecule has 0 spiro atoms. The standard InChI is InChI=1S/C21H21ClFN5/c1-20(10-28(2)11-20)7-6-13-8-18-15(9-17(13)24)21(25,27-12-26-18)14-4-3-5-16(22)19(14)23/h3-5,8-9,12H,10-11,24-25H2,1-2H3,(H,26,27). The lowest BCUT2D eigenvalue weighted by Crippen LogP contribution is -2.51. The Balaban J connectivity index is 1.77. The van der Waals surface area contributed by atoms with Gasteiger partial charge < -0.3 is 16.0 Å². The van der Waals surface area contributed by atoms with Gasteiger partial charge in [-0.25, -0.2) is 9.38 Å². The maximum Gasteiger partial charge on any atom is 0.166 e. The number of hydrogen-bond acceptors (Lipinski definition) is 5. The van der Waals surface area contributed by atoms with Crippen molar-refractivity contribution in [3.8, 4) is 11.8 Å². The van der Waals surface area contributed by atoms with Gasteiger partial charge in [0.25, 0.3) is 0 Å². The molecular weight excluding hydrogens is 377 g/mol. The third-order valence-corrected chi connectivity index (χ3v) is 5.48. The Morgan fingerprint density at radius 2 is 2.04 bits per heavy atom. The molecule has 5 nitrogen and oxygen atoms in total. The Hall–Kier alpha value is -2.59. The fraction of sp³-hybridized carbons (Fsp3) is 0.286. The molecule has 2 aliphatic heterocycles. The van der Waals surface area contributed by atoms with Crippen molar-refractivity contribution in [2.45, 2.75) is 12.6 Å².